The van der Waals surface area contributed by atoms with Crippen molar-refractivity contribution in [2.75, 3.05) is 6.61 Å². The summed E-state index contributed by atoms with van der Waals surface area (Å²) in [6, 6.07) is 9.11. The van der Waals surface area contributed by atoms with Crippen LogP contribution in [-0.2, 0) is 35.3 Å². The third-order valence-electron chi connectivity index (χ3n) is 2.51. The zero-order valence-electron chi connectivity index (χ0n) is 14.2. The third-order valence-corrected chi connectivity index (χ3v) is 2.51. The summed E-state index contributed by atoms with van der Waals surface area (Å²) in [7, 11) is 0. The Bertz CT molecular complexity index is 616. The van der Waals surface area contributed by atoms with E-state index in [4.69, 9.17) is 14.3 Å². The Morgan fingerprint density at radius 2 is 1.71 bits per heavy atom. The van der Waals surface area contributed by atoms with E-state index in [9.17, 15) is 14.4 Å². The van der Waals surface area contributed by atoms with E-state index in [2.05, 4.69) is 5.16 Å². The second-order valence-corrected chi connectivity index (χ2v) is 5.92. The van der Waals surface area contributed by atoms with Crippen LogP contribution in [0.4, 0.5) is 0 Å². The predicted octanol–water partition coefficient (Wildman–Crippen LogP) is 2.03. The molecule has 0 saturated heterocycles. The van der Waals surface area contributed by atoms with E-state index < -0.39 is 35.6 Å². The van der Waals surface area contributed by atoms with Crippen molar-refractivity contribution in [1.29, 1.82) is 0 Å². The molecule has 0 N–H and O–H groups in total. The van der Waals surface area contributed by atoms with Gasteiger partial charge in [-0.2, -0.15) is 0 Å². The largest absolute Gasteiger partial charge is 0.458 e. The number of benzene rings is 1. The van der Waals surface area contributed by atoms with Crippen LogP contribution in [-0.4, -0.2) is 35.6 Å². The fraction of sp³-hybridized carbons (Fsp3) is 0.412. The first-order valence-corrected chi connectivity index (χ1v) is 7.33. The molecule has 1 aromatic rings. The highest BCUT2D eigenvalue weighted by molar-refractivity contribution is 6.63. The number of rotatable bonds is 7. The smallest absolute Gasteiger partial charge is 0.364 e. The topological polar surface area (TPSA) is 91.3 Å². The summed E-state index contributed by atoms with van der Waals surface area (Å²) < 4.78 is 10.0. The molecule has 7 heteroatoms. The standard InChI is InChI=1S/C17H21NO6/c1-12(19)15(16(21)24-17(2,3)4)18-23-11-14(20)22-10-13-8-6-5-7-9-13/h5-9H,10-11H2,1-4H3. The zero-order valence-corrected chi connectivity index (χ0v) is 14.2. The number of hydrogen-bond donors (Lipinski definition) is 0. The number of hydrogen-bond acceptors (Lipinski definition) is 7. The molecule has 1 rings (SSSR count). The molecule has 0 unspecified atom stereocenters. The average molecular weight is 335 g/mol. The highest BCUT2D eigenvalue weighted by atomic mass is 16.7. The molecule has 0 heterocycles. The number of ketones is 1. The lowest BCUT2D eigenvalue weighted by atomic mass is 10.2. The fourth-order valence-corrected chi connectivity index (χ4v) is 1.50. The Balaban J connectivity index is 2.50. The molecule has 0 amide bonds. The van der Waals surface area contributed by atoms with Crippen LogP contribution < -0.4 is 0 Å². The van der Waals surface area contributed by atoms with E-state index in [1.54, 1.807) is 20.8 Å². The van der Waals surface area contributed by atoms with Gasteiger partial charge in [-0.25, -0.2) is 9.59 Å². The number of carbonyl (C=O) groups is 3. The van der Waals surface area contributed by atoms with E-state index >= 15 is 0 Å². The van der Waals surface area contributed by atoms with Crippen LogP contribution in [0, 0.1) is 0 Å². The normalized spacial score (nSPS) is 11.6. The number of oxime groups is 1. The number of nitrogens with zero attached hydrogens (tertiary/aromatic N) is 1. The number of esters is 2. The first-order valence-electron chi connectivity index (χ1n) is 7.33. The molecule has 0 bridgehead atoms. The van der Waals surface area contributed by atoms with Crippen LogP contribution in [0.25, 0.3) is 0 Å². The molecular weight excluding hydrogens is 314 g/mol. The van der Waals surface area contributed by atoms with Crippen molar-refractivity contribution < 1.29 is 28.7 Å². The van der Waals surface area contributed by atoms with E-state index in [-0.39, 0.29) is 6.61 Å². The lowest BCUT2D eigenvalue weighted by Crippen LogP contribution is -2.32. The number of carbonyl (C=O) groups excluding carboxylic acids is 3. The minimum atomic E-state index is -0.910. The van der Waals surface area contributed by atoms with Crippen molar-refractivity contribution in [3.8, 4) is 0 Å². The lowest BCUT2D eigenvalue weighted by molar-refractivity contribution is -0.151. The van der Waals surface area contributed by atoms with Crippen LogP contribution in [0.5, 0.6) is 0 Å². The number of Topliss-reactive ketones (excluding diaryl/α,β-unsaturated/α-hetero) is 1. The van der Waals surface area contributed by atoms with Gasteiger partial charge in [-0.1, -0.05) is 35.5 Å². The predicted molar refractivity (Wildman–Crippen MR) is 86.2 cm³/mol. The summed E-state index contributed by atoms with van der Waals surface area (Å²) in [4.78, 5) is 39.5. The van der Waals surface area contributed by atoms with Gasteiger partial charge in [0.2, 0.25) is 12.3 Å². The molecule has 0 fully saturated rings. The van der Waals surface area contributed by atoms with Crippen LogP contribution in [0.15, 0.2) is 35.5 Å². The van der Waals surface area contributed by atoms with Crippen molar-refractivity contribution in [2.24, 2.45) is 5.16 Å². The third kappa shape index (κ3) is 7.53. The summed E-state index contributed by atoms with van der Waals surface area (Å²) in [5.74, 6) is -2.20. The van der Waals surface area contributed by atoms with Crippen molar-refractivity contribution in [2.45, 2.75) is 39.9 Å². The second kappa shape index (κ2) is 8.81. The Labute approximate surface area is 140 Å². The first kappa shape index (κ1) is 19.3. The molecule has 0 aliphatic heterocycles. The molecule has 0 aliphatic carbocycles. The summed E-state index contributed by atoms with van der Waals surface area (Å²) >= 11 is 0. The molecule has 1 aromatic carbocycles. The molecule has 130 valence electrons. The van der Waals surface area contributed by atoms with Crippen LogP contribution in [0.2, 0.25) is 0 Å². The maximum atomic E-state index is 11.8. The van der Waals surface area contributed by atoms with Gasteiger partial charge in [-0.3, -0.25) is 4.79 Å². The van der Waals surface area contributed by atoms with Gasteiger partial charge < -0.3 is 14.3 Å². The first-order chi connectivity index (χ1) is 11.2. The van der Waals surface area contributed by atoms with E-state index in [0.717, 1.165) is 12.5 Å². The molecule has 0 radical (unpaired) electrons. The molecule has 0 atom stereocenters. The van der Waals surface area contributed by atoms with Crippen LogP contribution in [0.3, 0.4) is 0 Å². The van der Waals surface area contributed by atoms with Crippen LogP contribution >= 0.6 is 0 Å². The van der Waals surface area contributed by atoms with Gasteiger partial charge in [0.25, 0.3) is 0 Å². The molecule has 24 heavy (non-hydrogen) atoms. The van der Waals surface area contributed by atoms with E-state index in [1.807, 2.05) is 30.3 Å². The van der Waals surface area contributed by atoms with Gasteiger partial charge in [0.05, 0.1) is 0 Å². The highest BCUT2D eigenvalue weighted by Crippen LogP contribution is 2.08. The Kier molecular flexibility index (Phi) is 7.10. The minimum Gasteiger partial charge on any atom is -0.458 e. The minimum absolute atomic E-state index is 0.0956. The zero-order chi connectivity index (χ0) is 18.2. The molecule has 0 aromatic heterocycles. The van der Waals surface area contributed by atoms with Gasteiger partial charge in [-0.15, -0.1) is 0 Å². The van der Waals surface area contributed by atoms with Gasteiger partial charge in [0.15, 0.2) is 5.78 Å². The molecular formula is C17H21NO6. The molecule has 7 nitrogen and oxygen atoms in total. The Morgan fingerprint density at radius 3 is 2.25 bits per heavy atom. The summed E-state index contributed by atoms with van der Waals surface area (Å²) in [5.41, 5.74) is -0.463. The Morgan fingerprint density at radius 1 is 1.08 bits per heavy atom. The van der Waals surface area contributed by atoms with Gasteiger partial charge in [0.1, 0.15) is 12.2 Å². The SMILES string of the molecule is CC(=O)C(=NOCC(=O)OCc1ccccc1)C(=O)OC(C)(C)C. The van der Waals surface area contributed by atoms with Crippen LogP contribution in [0.1, 0.15) is 33.3 Å². The van der Waals surface area contributed by atoms with Crippen molar-refractivity contribution in [3.63, 3.8) is 0 Å². The molecule has 0 aliphatic rings. The van der Waals surface area contributed by atoms with Crippen molar-refractivity contribution >= 4 is 23.4 Å². The van der Waals surface area contributed by atoms with Gasteiger partial charge in [-0.05, 0) is 26.3 Å². The quantitative estimate of drug-likeness (QED) is 0.328. The van der Waals surface area contributed by atoms with E-state index in [0.29, 0.717) is 0 Å². The highest BCUT2D eigenvalue weighted by Gasteiger charge is 2.25. The lowest BCUT2D eigenvalue weighted by Gasteiger charge is -2.19. The van der Waals surface area contributed by atoms with E-state index in [1.165, 1.54) is 0 Å². The number of ether oxygens (including phenoxy) is 2. The maximum Gasteiger partial charge on any atom is 0.364 e. The Hall–Kier alpha value is -2.70. The summed E-state index contributed by atoms with van der Waals surface area (Å²) in [6.45, 7) is 5.70. The fourth-order valence-electron chi connectivity index (χ4n) is 1.50. The summed E-state index contributed by atoms with van der Waals surface area (Å²) in [5, 5.41) is 3.39. The molecule has 0 saturated carbocycles. The van der Waals surface area contributed by atoms with Gasteiger partial charge in [0, 0.05) is 6.92 Å². The van der Waals surface area contributed by atoms with Crippen molar-refractivity contribution in [1.82, 2.24) is 0 Å². The van der Waals surface area contributed by atoms with Crippen molar-refractivity contribution in [3.05, 3.63) is 35.9 Å². The van der Waals surface area contributed by atoms with Gasteiger partial charge >= 0.3 is 11.9 Å². The molecule has 0 spiro atoms. The summed E-state index contributed by atoms with van der Waals surface area (Å²) in [6.07, 6.45) is 0. The average Bonchev–Trinajstić information content (AvgIpc) is 2.48. The maximum absolute atomic E-state index is 11.8. The second-order valence-electron chi connectivity index (χ2n) is 5.92. The monoisotopic (exact) mass is 335 g/mol.